The fourth-order valence-electron chi connectivity index (χ4n) is 10.5. The Morgan fingerprint density at radius 1 is 0.450 bits per heavy atom. The van der Waals surface area contributed by atoms with Crippen molar-refractivity contribution in [3.63, 3.8) is 0 Å². The van der Waals surface area contributed by atoms with Crippen LogP contribution in [0.2, 0.25) is 0 Å². The summed E-state index contributed by atoms with van der Waals surface area (Å²) >= 11 is 0. The molecular formula is C69H127NO10. The molecule has 1 amide bonds. The van der Waals surface area contributed by atoms with E-state index in [1.807, 2.05) is 6.08 Å². The Balaban J connectivity index is 1.93. The zero-order valence-corrected chi connectivity index (χ0v) is 51.8. The molecule has 11 nitrogen and oxygen atoms in total. The molecule has 0 radical (unpaired) electrons. The van der Waals surface area contributed by atoms with E-state index in [1.54, 1.807) is 6.08 Å². The molecule has 1 heterocycles. The molecule has 80 heavy (non-hydrogen) atoms. The van der Waals surface area contributed by atoms with Crippen molar-refractivity contribution in [2.24, 2.45) is 0 Å². The fourth-order valence-corrected chi connectivity index (χ4v) is 10.5. The molecule has 1 aliphatic rings. The number of aliphatic hydroxyl groups excluding tert-OH is 5. The van der Waals surface area contributed by atoms with Crippen LogP contribution < -0.4 is 5.32 Å². The van der Waals surface area contributed by atoms with Crippen molar-refractivity contribution >= 4 is 11.9 Å². The Hall–Kier alpha value is -2.38. The van der Waals surface area contributed by atoms with Gasteiger partial charge in [0.25, 0.3) is 0 Å². The average Bonchev–Trinajstić information content (AvgIpc) is 3.45. The van der Waals surface area contributed by atoms with Gasteiger partial charge in [-0.25, -0.2) is 0 Å². The van der Waals surface area contributed by atoms with Gasteiger partial charge in [0.05, 0.1) is 32.0 Å². The van der Waals surface area contributed by atoms with Gasteiger partial charge < -0.3 is 45.1 Å². The highest BCUT2D eigenvalue weighted by atomic mass is 16.7. The molecule has 7 atom stereocenters. The van der Waals surface area contributed by atoms with Gasteiger partial charge in [-0.3, -0.25) is 9.59 Å². The van der Waals surface area contributed by atoms with E-state index in [0.29, 0.717) is 19.4 Å². The Morgan fingerprint density at radius 2 is 0.812 bits per heavy atom. The van der Waals surface area contributed by atoms with Gasteiger partial charge in [0, 0.05) is 12.8 Å². The quantitative estimate of drug-likeness (QED) is 0.0195. The van der Waals surface area contributed by atoms with Crippen molar-refractivity contribution in [2.75, 3.05) is 19.8 Å². The number of allylic oxidation sites excluding steroid dienone is 7. The highest BCUT2D eigenvalue weighted by Gasteiger charge is 2.44. The van der Waals surface area contributed by atoms with Gasteiger partial charge >= 0.3 is 5.97 Å². The number of hydrogen-bond acceptors (Lipinski definition) is 10. The molecule has 1 aliphatic heterocycles. The molecular weight excluding hydrogens is 1000 g/mol. The minimum absolute atomic E-state index is 0.000968. The minimum atomic E-state index is -1.58. The molecule has 1 rings (SSSR count). The van der Waals surface area contributed by atoms with E-state index in [1.165, 1.54) is 231 Å². The van der Waals surface area contributed by atoms with Gasteiger partial charge in [-0.2, -0.15) is 0 Å². The van der Waals surface area contributed by atoms with E-state index in [-0.39, 0.29) is 18.5 Å². The predicted molar refractivity (Wildman–Crippen MR) is 334 cm³/mol. The average molecular weight is 1130 g/mol. The lowest BCUT2D eigenvalue weighted by Gasteiger charge is -2.40. The maximum atomic E-state index is 13.0. The first kappa shape index (κ1) is 75.6. The summed E-state index contributed by atoms with van der Waals surface area (Å²) in [5.41, 5.74) is 0. The zero-order chi connectivity index (χ0) is 58.0. The van der Waals surface area contributed by atoms with Crippen molar-refractivity contribution in [3.05, 3.63) is 48.6 Å². The predicted octanol–water partition coefficient (Wildman–Crippen LogP) is 16.8. The fraction of sp³-hybridized carbons (Fsp3) is 0.855. The third kappa shape index (κ3) is 47.0. The zero-order valence-electron chi connectivity index (χ0n) is 51.8. The number of esters is 1. The first-order valence-electron chi connectivity index (χ1n) is 33.9. The van der Waals surface area contributed by atoms with Crippen LogP contribution in [0.3, 0.4) is 0 Å². The largest absolute Gasteiger partial charge is 0.466 e. The number of hydrogen-bond donors (Lipinski definition) is 6. The van der Waals surface area contributed by atoms with Crippen molar-refractivity contribution < 1.29 is 49.3 Å². The summed E-state index contributed by atoms with van der Waals surface area (Å²) in [5, 5.41) is 54.2. The molecule has 0 saturated carbocycles. The molecule has 7 unspecified atom stereocenters. The summed E-state index contributed by atoms with van der Waals surface area (Å²) in [6.07, 6.45) is 65.5. The van der Waals surface area contributed by atoms with Gasteiger partial charge in [0.1, 0.15) is 24.4 Å². The second-order valence-electron chi connectivity index (χ2n) is 23.5. The highest BCUT2D eigenvalue weighted by molar-refractivity contribution is 5.76. The molecule has 0 aromatic heterocycles. The first-order valence-corrected chi connectivity index (χ1v) is 33.9. The van der Waals surface area contributed by atoms with E-state index >= 15 is 0 Å². The lowest BCUT2D eigenvalue weighted by molar-refractivity contribution is -0.302. The number of unbranched alkanes of at least 4 members (excludes halogenated alkanes) is 39. The minimum Gasteiger partial charge on any atom is -0.466 e. The van der Waals surface area contributed by atoms with Gasteiger partial charge in [0.15, 0.2) is 6.29 Å². The Bertz CT molecular complexity index is 1470. The first-order chi connectivity index (χ1) is 39.2. The molecule has 1 saturated heterocycles. The summed E-state index contributed by atoms with van der Waals surface area (Å²) < 4.78 is 16.7. The summed E-state index contributed by atoms with van der Waals surface area (Å²) in [7, 11) is 0. The number of ether oxygens (including phenoxy) is 3. The van der Waals surface area contributed by atoms with Gasteiger partial charge in [-0.15, -0.1) is 0 Å². The summed E-state index contributed by atoms with van der Waals surface area (Å²) in [5.74, 6) is -0.194. The Kier molecular flexibility index (Phi) is 55.2. The van der Waals surface area contributed by atoms with Crippen molar-refractivity contribution in [1.29, 1.82) is 0 Å². The third-order valence-corrected chi connectivity index (χ3v) is 15.9. The highest BCUT2D eigenvalue weighted by Crippen LogP contribution is 2.23. The monoisotopic (exact) mass is 1130 g/mol. The van der Waals surface area contributed by atoms with E-state index in [4.69, 9.17) is 14.2 Å². The SMILES string of the molecule is CCCCC/C=C/CC/C=C/C(O)C(COC1OC(CO)C(O)C(O)C1O)NC(=O)CCCCCCCCCCCCCCCC/C=C\CCCCCCCCCCCCCCOC(=O)CCCCCCC/C=C\CCCCCC. The molecule has 11 heteroatoms. The normalized spacial score (nSPS) is 18.6. The number of aliphatic hydroxyl groups is 5. The van der Waals surface area contributed by atoms with Crippen LogP contribution in [0.15, 0.2) is 48.6 Å². The second kappa shape index (κ2) is 58.4. The number of carbonyl (C=O) groups is 2. The molecule has 0 spiro atoms. The van der Waals surface area contributed by atoms with E-state index < -0.39 is 49.5 Å². The van der Waals surface area contributed by atoms with E-state index in [0.717, 1.165) is 57.8 Å². The molecule has 1 fully saturated rings. The van der Waals surface area contributed by atoms with Crippen LogP contribution in [0.25, 0.3) is 0 Å². The Morgan fingerprint density at radius 3 is 1.26 bits per heavy atom. The van der Waals surface area contributed by atoms with E-state index in [9.17, 15) is 35.1 Å². The lowest BCUT2D eigenvalue weighted by atomic mass is 9.99. The smallest absolute Gasteiger partial charge is 0.305 e. The topological polar surface area (TPSA) is 175 Å². The number of amides is 1. The van der Waals surface area contributed by atoms with Crippen LogP contribution in [-0.4, -0.2) is 100 Å². The molecule has 468 valence electrons. The maximum absolute atomic E-state index is 13.0. The van der Waals surface area contributed by atoms with Crippen LogP contribution in [0.1, 0.15) is 316 Å². The van der Waals surface area contributed by atoms with Crippen LogP contribution in [0.4, 0.5) is 0 Å². The Labute approximate surface area is 491 Å². The van der Waals surface area contributed by atoms with Crippen LogP contribution in [0, 0.1) is 0 Å². The second-order valence-corrected chi connectivity index (χ2v) is 23.5. The van der Waals surface area contributed by atoms with Crippen molar-refractivity contribution in [3.8, 4) is 0 Å². The van der Waals surface area contributed by atoms with E-state index in [2.05, 4.69) is 55.6 Å². The van der Waals surface area contributed by atoms with Crippen molar-refractivity contribution in [1.82, 2.24) is 5.32 Å². The number of nitrogens with one attached hydrogen (secondary N) is 1. The molecule has 0 aromatic rings. The van der Waals surface area contributed by atoms with Gasteiger partial charge in [-0.1, -0.05) is 255 Å². The molecule has 0 aliphatic carbocycles. The van der Waals surface area contributed by atoms with Crippen LogP contribution in [0.5, 0.6) is 0 Å². The van der Waals surface area contributed by atoms with Crippen LogP contribution >= 0.6 is 0 Å². The molecule has 0 bridgehead atoms. The molecule has 0 aromatic carbocycles. The summed E-state index contributed by atoms with van der Waals surface area (Å²) in [6, 6.07) is -0.825. The van der Waals surface area contributed by atoms with Crippen molar-refractivity contribution in [2.45, 2.75) is 358 Å². The number of carbonyl (C=O) groups excluding carboxylic acids is 2. The lowest BCUT2D eigenvalue weighted by Crippen LogP contribution is -2.60. The summed E-state index contributed by atoms with van der Waals surface area (Å²) in [6.45, 7) is 4.28. The standard InChI is InChI=1S/C69H127NO10/c1-3-5-7-9-11-13-14-33-37-41-45-49-53-57-65(74)78-58-54-50-46-42-38-35-32-30-28-26-24-22-20-18-16-15-17-19-21-23-25-27-29-31-34-36-40-44-48-52-56-64(73)70-61(62(72)55-51-47-43-39-12-10-8-6-4-2)60-79-69-68(77)67(76)66(75)63(59-71)80-69/h12-14,16,18,39,51,55,61-63,66-69,71-72,75-77H,3-11,15,17,19-38,40-50,52-54,56-60H2,1-2H3,(H,70,73)/b14-13-,18-16-,39-12+,55-51+. The van der Waals surface area contributed by atoms with Gasteiger partial charge in [-0.05, 0) is 96.3 Å². The maximum Gasteiger partial charge on any atom is 0.305 e. The number of rotatable bonds is 59. The summed E-state index contributed by atoms with van der Waals surface area (Å²) in [4.78, 5) is 25.0. The third-order valence-electron chi connectivity index (χ3n) is 15.9. The van der Waals surface area contributed by atoms with Gasteiger partial charge in [0.2, 0.25) is 5.91 Å². The molecule has 6 N–H and O–H groups in total. The van der Waals surface area contributed by atoms with Crippen LogP contribution in [-0.2, 0) is 23.8 Å².